The van der Waals surface area contributed by atoms with Crippen LogP contribution in [0.15, 0.2) is 18.2 Å². The molecule has 2 rings (SSSR count). The van der Waals surface area contributed by atoms with Crippen LogP contribution in [0.4, 0.5) is 0 Å². The summed E-state index contributed by atoms with van der Waals surface area (Å²) in [6.45, 7) is 5.16. The van der Waals surface area contributed by atoms with Crippen LogP contribution in [0.1, 0.15) is 26.1 Å². The number of hydrogen-bond donors (Lipinski definition) is 1. The van der Waals surface area contributed by atoms with Gasteiger partial charge in [-0.15, -0.1) is 0 Å². The largest absolute Gasteiger partial charge is 0.497 e. The van der Waals surface area contributed by atoms with Gasteiger partial charge in [0.1, 0.15) is 11.6 Å². The van der Waals surface area contributed by atoms with Crippen molar-refractivity contribution < 1.29 is 4.74 Å². The van der Waals surface area contributed by atoms with E-state index in [-0.39, 0.29) is 6.04 Å². The summed E-state index contributed by atoms with van der Waals surface area (Å²) in [6.07, 6.45) is 1.89. The van der Waals surface area contributed by atoms with Crippen molar-refractivity contribution >= 4 is 11.0 Å². The van der Waals surface area contributed by atoms with E-state index in [9.17, 15) is 0 Å². The van der Waals surface area contributed by atoms with Gasteiger partial charge >= 0.3 is 0 Å². The van der Waals surface area contributed by atoms with Crippen LogP contribution in [0.3, 0.4) is 0 Å². The predicted molar refractivity (Wildman–Crippen MR) is 73.9 cm³/mol. The lowest BCUT2D eigenvalue weighted by Gasteiger charge is -2.09. The number of hydrogen-bond acceptors (Lipinski definition) is 3. The first-order valence-electron chi connectivity index (χ1n) is 6.44. The molecule has 0 spiro atoms. The molecule has 0 saturated heterocycles. The Balaban J connectivity index is 2.51. The van der Waals surface area contributed by atoms with E-state index < -0.39 is 0 Å². The third kappa shape index (κ3) is 2.48. The maximum absolute atomic E-state index is 5.89. The number of imidazole rings is 1. The number of nitrogens with zero attached hydrogens (tertiary/aromatic N) is 2. The Hall–Kier alpha value is -1.55. The normalized spacial score (nSPS) is 12.9. The number of methoxy groups -OCH3 is 1. The van der Waals surface area contributed by atoms with Gasteiger partial charge in [0.05, 0.1) is 18.1 Å². The Morgan fingerprint density at radius 2 is 2.22 bits per heavy atom. The van der Waals surface area contributed by atoms with Crippen molar-refractivity contribution in [2.75, 3.05) is 7.11 Å². The molecule has 0 aliphatic rings. The summed E-state index contributed by atoms with van der Waals surface area (Å²) < 4.78 is 7.50. The Morgan fingerprint density at radius 3 is 2.83 bits per heavy atom. The third-order valence-corrected chi connectivity index (χ3v) is 2.99. The van der Waals surface area contributed by atoms with E-state index in [4.69, 9.17) is 10.5 Å². The number of ether oxygens (including phenoxy) is 1. The van der Waals surface area contributed by atoms with Crippen molar-refractivity contribution in [1.82, 2.24) is 9.55 Å². The van der Waals surface area contributed by atoms with Crippen molar-refractivity contribution in [2.24, 2.45) is 5.73 Å². The van der Waals surface area contributed by atoms with Gasteiger partial charge in [-0.2, -0.15) is 0 Å². The minimum absolute atomic E-state index is 0.124. The quantitative estimate of drug-likeness (QED) is 0.882. The van der Waals surface area contributed by atoms with Crippen LogP contribution in [0.25, 0.3) is 11.0 Å². The molecular weight excluding hydrogens is 226 g/mol. The third-order valence-electron chi connectivity index (χ3n) is 2.99. The molecule has 0 amide bonds. The van der Waals surface area contributed by atoms with Gasteiger partial charge in [0.25, 0.3) is 0 Å². The van der Waals surface area contributed by atoms with E-state index in [1.165, 1.54) is 0 Å². The number of rotatable bonds is 5. The number of fused-ring (bicyclic) bond motifs is 1. The molecule has 4 heteroatoms. The highest BCUT2D eigenvalue weighted by molar-refractivity contribution is 5.77. The smallest absolute Gasteiger partial charge is 0.121 e. The van der Waals surface area contributed by atoms with Crippen LogP contribution in [0.2, 0.25) is 0 Å². The van der Waals surface area contributed by atoms with Crippen LogP contribution < -0.4 is 10.5 Å². The fraction of sp³-hybridized carbons (Fsp3) is 0.500. The lowest BCUT2D eigenvalue weighted by atomic mass is 10.2. The minimum atomic E-state index is 0.124. The molecule has 0 bridgehead atoms. The van der Waals surface area contributed by atoms with Crippen LogP contribution in [-0.4, -0.2) is 22.7 Å². The van der Waals surface area contributed by atoms with Gasteiger partial charge in [0.15, 0.2) is 0 Å². The highest BCUT2D eigenvalue weighted by Crippen LogP contribution is 2.22. The summed E-state index contributed by atoms with van der Waals surface area (Å²) in [5.74, 6) is 1.91. The van der Waals surface area contributed by atoms with Crippen molar-refractivity contribution in [3.05, 3.63) is 24.0 Å². The van der Waals surface area contributed by atoms with E-state index in [0.717, 1.165) is 42.0 Å². The first-order chi connectivity index (χ1) is 8.65. The van der Waals surface area contributed by atoms with Gasteiger partial charge in [0.2, 0.25) is 0 Å². The Kier molecular flexibility index (Phi) is 3.87. The number of benzene rings is 1. The Morgan fingerprint density at radius 1 is 1.44 bits per heavy atom. The molecule has 1 atom stereocenters. The zero-order valence-corrected chi connectivity index (χ0v) is 11.3. The molecule has 18 heavy (non-hydrogen) atoms. The second-order valence-corrected chi connectivity index (χ2v) is 4.72. The van der Waals surface area contributed by atoms with Crippen LogP contribution in [0, 0.1) is 0 Å². The Labute approximate surface area is 108 Å². The van der Waals surface area contributed by atoms with Gasteiger partial charge in [-0.3, -0.25) is 0 Å². The summed E-state index contributed by atoms with van der Waals surface area (Å²) in [6, 6.07) is 6.15. The predicted octanol–water partition coefficient (Wildman–Crippen LogP) is 2.34. The molecule has 4 nitrogen and oxygen atoms in total. The van der Waals surface area contributed by atoms with Crippen LogP contribution in [0.5, 0.6) is 5.75 Å². The maximum Gasteiger partial charge on any atom is 0.121 e. The van der Waals surface area contributed by atoms with Gasteiger partial charge in [-0.1, -0.05) is 6.92 Å². The first kappa shape index (κ1) is 12.9. The fourth-order valence-corrected chi connectivity index (χ4v) is 2.20. The Bertz CT molecular complexity index is 531. The molecule has 0 saturated carbocycles. The van der Waals surface area contributed by atoms with E-state index >= 15 is 0 Å². The van der Waals surface area contributed by atoms with E-state index in [2.05, 4.69) is 22.5 Å². The minimum Gasteiger partial charge on any atom is -0.497 e. The van der Waals surface area contributed by atoms with Crippen molar-refractivity contribution in [2.45, 2.75) is 39.3 Å². The topological polar surface area (TPSA) is 53.1 Å². The van der Waals surface area contributed by atoms with Crippen molar-refractivity contribution in [3.8, 4) is 5.75 Å². The molecule has 2 N–H and O–H groups in total. The average molecular weight is 247 g/mol. The summed E-state index contributed by atoms with van der Waals surface area (Å²) in [5, 5.41) is 0. The van der Waals surface area contributed by atoms with Gasteiger partial charge < -0.3 is 15.0 Å². The molecule has 1 aromatic heterocycles. The average Bonchev–Trinajstić information content (AvgIpc) is 2.66. The monoisotopic (exact) mass is 247 g/mol. The zero-order chi connectivity index (χ0) is 13.1. The second kappa shape index (κ2) is 5.40. The molecule has 1 aromatic carbocycles. The molecule has 0 aliphatic heterocycles. The van der Waals surface area contributed by atoms with Crippen LogP contribution in [-0.2, 0) is 13.0 Å². The van der Waals surface area contributed by atoms with E-state index in [0.29, 0.717) is 0 Å². The van der Waals surface area contributed by atoms with Crippen molar-refractivity contribution in [3.63, 3.8) is 0 Å². The summed E-state index contributed by atoms with van der Waals surface area (Å²) in [7, 11) is 1.67. The number of nitrogens with two attached hydrogens (primary N) is 1. The van der Waals surface area contributed by atoms with E-state index in [1.807, 2.05) is 19.1 Å². The summed E-state index contributed by atoms with van der Waals surface area (Å²) in [4.78, 5) is 4.68. The van der Waals surface area contributed by atoms with Crippen LogP contribution >= 0.6 is 0 Å². The van der Waals surface area contributed by atoms with Crippen molar-refractivity contribution in [1.29, 1.82) is 0 Å². The lowest BCUT2D eigenvalue weighted by molar-refractivity contribution is 0.415. The molecule has 2 aromatic rings. The fourth-order valence-electron chi connectivity index (χ4n) is 2.20. The lowest BCUT2D eigenvalue weighted by Crippen LogP contribution is -2.20. The standard InChI is InChI=1S/C14H21N3O/c1-4-7-17-13-6-5-11(18-3)9-12(13)16-14(17)8-10(2)15/h5-6,9-10H,4,7-8,15H2,1-3H3. The highest BCUT2D eigenvalue weighted by Gasteiger charge is 2.12. The second-order valence-electron chi connectivity index (χ2n) is 4.72. The number of aryl methyl sites for hydroxylation is 1. The maximum atomic E-state index is 5.89. The molecule has 98 valence electrons. The SMILES string of the molecule is CCCn1c(CC(C)N)nc2cc(OC)ccc21. The molecule has 1 unspecified atom stereocenters. The summed E-state index contributed by atoms with van der Waals surface area (Å²) in [5.41, 5.74) is 8.03. The van der Waals surface area contributed by atoms with Gasteiger partial charge in [-0.05, 0) is 25.5 Å². The molecular formula is C14H21N3O. The molecule has 0 fully saturated rings. The number of aromatic nitrogens is 2. The molecule has 1 heterocycles. The first-order valence-corrected chi connectivity index (χ1v) is 6.44. The van der Waals surface area contributed by atoms with Gasteiger partial charge in [-0.25, -0.2) is 4.98 Å². The van der Waals surface area contributed by atoms with E-state index in [1.54, 1.807) is 7.11 Å². The van der Waals surface area contributed by atoms with Gasteiger partial charge in [0, 0.05) is 25.1 Å². The molecule has 0 radical (unpaired) electrons. The zero-order valence-electron chi connectivity index (χ0n) is 11.3. The summed E-state index contributed by atoms with van der Waals surface area (Å²) >= 11 is 0. The highest BCUT2D eigenvalue weighted by atomic mass is 16.5. The molecule has 0 aliphatic carbocycles.